The van der Waals surface area contributed by atoms with E-state index in [2.05, 4.69) is 15.5 Å². The number of anilines is 1. The van der Waals surface area contributed by atoms with Crippen LogP contribution in [0.4, 0.5) is 23.2 Å². The molecule has 0 aromatic heterocycles. The predicted octanol–water partition coefficient (Wildman–Crippen LogP) is 5.36. The number of allylic oxidation sites excluding steroid dienone is 2. The van der Waals surface area contributed by atoms with E-state index >= 15 is 0 Å². The summed E-state index contributed by atoms with van der Waals surface area (Å²) >= 11 is 6.21. The monoisotopic (exact) mass is 669 g/mol. The second kappa shape index (κ2) is 10.8. The molecule has 0 unspecified atom stereocenters. The Kier molecular flexibility index (Phi) is 7.08. The van der Waals surface area contributed by atoms with Crippen LogP contribution in [0.2, 0.25) is 5.02 Å². The highest BCUT2D eigenvalue weighted by molar-refractivity contribution is 6.30. The minimum Gasteiger partial charge on any atom is -0.508 e. The van der Waals surface area contributed by atoms with Crippen LogP contribution < -0.4 is 15.5 Å². The maximum atomic E-state index is 14.9. The Morgan fingerprint density at radius 1 is 0.957 bits per heavy atom. The summed E-state index contributed by atoms with van der Waals surface area (Å²) in [6.07, 6.45) is -3.43. The molecular weight excluding hydrogens is 646 g/mol. The van der Waals surface area contributed by atoms with Crippen molar-refractivity contribution in [3.05, 3.63) is 100 Å². The molecule has 0 spiro atoms. The first-order valence-electron chi connectivity index (χ1n) is 14.6. The lowest BCUT2D eigenvalue weighted by molar-refractivity contribution is -0.274. The largest absolute Gasteiger partial charge is 0.573 e. The Balaban J connectivity index is 1.49. The number of alkyl halides is 3. The van der Waals surface area contributed by atoms with E-state index in [9.17, 15) is 41.8 Å². The van der Waals surface area contributed by atoms with Crippen molar-refractivity contribution in [3.8, 4) is 11.5 Å². The number of halogens is 5. The average molecular weight is 670 g/mol. The van der Waals surface area contributed by atoms with E-state index in [1.165, 1.54) is 36.4 Å². The predicted molar refractivity (Wildman–Crippen MR) is 157 cm³/mol. The van der Waals surface area contributed by atoms with Crippen LogP contribution in [0.15, 0.2) is 78.4 Å². The molecule has 2 heterocycles. The summed E-state index contributed by atoms with van der Waals surface area (Å²) in [5.74, 6) is -9.36. The average Bonchev–Trinajstić information content (AvgIpc) is 3.43. The number of hydrogen-bond acceptors (Lipinski definition) is 7. The topological polar surface area (TPSA) is 125 Å². The number of benzene rings is 3. The Hall–Kier alpha value is -4.91. The number of amides is 4. The van der Waals surface area contributed by atoms with E-state index in [0.717, 1.165) is 35.3 Å². The van der Waals surface area contributed by atoms with E-state index in [4.69, 9.17) is 11.6 Å². The highest BCUT2D eigenvalue weighted by Crippen LogP contribution is 2.64. The number of phenolic OH excluding ortho intramolecular Hbond substituents is 1. The minimum atomic E-state index is -5.09. The first-order chi connectivity index (χ1) is 22.3. The number of phenols is 1. The number of imide groups is 2. The van der Waals surface area contributed by atoms with E-state index in [-0.39, 0.29) is 29.7 Å². The van der Waals surface area contributed by atoms with Crippen LogP contribution in [0.3, 0.4) is 0 Å². The van der Waals surface area contributed by atoms with Crippen LogP contribution in [0.5, 0.6) is 11.5 Å². The van der Waals surface area contributed by atoms with Crippen LogP contribution in [-0.4, -0.2) is 40.1 Å². The van der Waals surface area contributed by atoms with Gasteiger partial charge in [0.1, 0.15) is 17.3 Å². The highest BCUT2D eigenvalue weighted by Gasteiger charge is 2.70. The van der Waals surface area contributed by atoms with Crippen LogP contribution in [0.1, 0.15) is 29.9 Å². The fraction of sp³-hybridized carbons (Fsp3) is 0.273. The Morgan fingerprint density at radius 2 is 1.66 bits per heavy atom. The van der Waals surface area contributed by atoms with Gasteiger partial charge in [-0.1, -0.05) is 35.4 Å². The standard InChI is InChI=1S/C33H24ClF4N3O6/c34-16-3-1-15(2-4-16)32-24(30(45)41(31(32)46)40-18-7-5-17(35)6-8-18)14-22-20(10-11-21-26(22)29(44)39-28(21)43)27(32)23-13-19(9-12-25(23)42)47-33(36,37)38/h1-10,12-13,21-22,24,26-27,40,42H,11,14H2,(H,39,43,44)/t21-,22+,24-,26-,27+,32+/m0/s1. The lowest BCUT2D eigenvalue weighted by Gasteiger charge is -2.50. The maximum absolute atomic E-state index is 14.9. The highest BCUT2D eigenvalue weighted by atomic mass is 35.5. The molecule has 2 aliphatic carbocycles. The SMILES string of the molecule is O=C1NC(=O)[C@H]2CC=C3[C@@H](C[C@H]4C(=O)N(Nc5ccc(F)cc5)C(=O)[C@@]4(c4ccc(Cl)cc4)[C@H]3c3cc(OC(F)(F)F)ccc3O)[C@@H]12. The van der Waals surface area contributed by atoms with Gasteiger partial charge in [-0.3, -0.25) is 29.9 Å². The maximum Gasteiger partial charge on any atom is 0.573 e. The molecule has 3 aromatic carbocycles. The van der Waals surface area contributed by atoms with Crippen molar-refractivity contribution in [2.24, 2.45) is 23.7 Å². The molecule has 0 radical (unpaired) electrons. The number of nitrogens with zero attached hydrogens (tertiary/aromatic N) is 1. The molecule has 242 valence electrons. The van der Waals surface area contributed by atoms with Gasteiger partial charge in [0, 0.05) is 16.5 Å². The fourth-order valence-corrected chi connectivity index (χ4v) is 8.00. The number of fused-ring (bicyclic) bond motifs is 4. The van der Waals surface area contributed by atoms with Crippen LogP contribution >= 0.6 is 11.6 Å². The van der Waals surface area contributed by atoms with Crippen molar-refractivity contribution < 1.29 is 46.6 Å². The van der Waals surface area contributed by atoms with Gasteiger partial charge in [0.2, 0.25) is 11.8 Å². The lowest BCUT2D eigenvalue weighted by Crippen LogP contribution is -2.53. The van der Waals surface area contributed by atoms with Crippen molar-refractivity contribution in [1.82, 2.24) is 10.3 Å². The normalized spacial score (nSPS) is 28.3. The summed E-state index contributed by atoms with van der Waals surface area (Å²) < 4.78 is 58.0. The van der Waals surface area contributed by atoms with Gasteiger partial charge >= 0.3 is 6.36 Å². The zero-order chi connectivity index (χ0) is 33.4. The number of carbonyl (C=O) groups is 4. The molecule has 6 atom stereocenters. The number of hydrazine groups is 1. The zero-order valence-corrected chi connectivity index (χ0v) is 24.8. The molecule has 0 bridgehead atoms. The third kappa shape index (κ3) is 4.82. The van der Waals surface area contributed by atoms with Gasteiger partial charge < -0.3 is 9.84 Å². The molecule has 7 rings (SSSR count). The summed E-state index contributed by atoms with van der Waals surface area (Å²) in [5, 5.41) is 14.7. The summed E-state index contributed by atoms with van der Waals surface area (Å²) in [6.45, 7) is 0. The number of ether oxygens (including phenoxy) is 1. The van der Waals surface area contributed by atoms with Crippen molar-refractivity contribution in [1.29, 1.82) is 0 Å². The molecule has 1 saturated carbocycles. The summed E-state index contributed by atoms with van der Waals surface area (Å²) in [6, 6.07) is 13.8. The van der Waals surface area contributed by atoms with E-state index in [0.29, 0.717) is 10.6 Å². The summed E-state index contributed by atoms with van der Waals surface area (Å²) in [7, 11) is 0. The van der Waals surface area contributed by atoms with E-state index < -0.39 is 82.3 Å². The molecule has 47 heavy (non-hydrogen) atoms. The second-order valence-electron chi connectivity index (χ2n) is 12.0. The van der Waals surface area contributed by atoms with Gasteiger partial charge in [0.05, 0.1) is 28.9 Å². The molecule has 3 fully saturated rings. The van der Waals surface area contributed by atoms with Crippen molar-refractivity contribution in [2.75, 3.05) is 5.43 Å². The molecular formula is C33H24ClF4N3O6. The van der Waals surface area contributed by atoms with Crippen molar-refractivity contribution >= 4 is 40.9 Å². The van der Waals surface area contributed by atoms with Gasteiger partial charge in [0.25, 0.3) is 11.8 Å². The van der Waals surface area contributed by atoms with E-state index in [1.807, 2.05) is 0 Å². The Bertz CT molecular complexity index is 1870. The van der Waals surface area contributed by atoms with Gasteiger partial charge in [-0.15, -0.1) is 13.2 Å². The number of rotatable bonds is 5. The third-order valence-corrected chi connectivity index (χ3v) is 9.89. The number of aromatic hydroxyl groups is 1. The Morgan fingerprint density at radius 3 is 2.34 bits per heavy atom. The molecule has 2 aliphatic heterocycles. The second-order valence-corrected chi connectivity index (χ2v) is 12.4. The molecule has 2 saturated heterocycles. The number of nitrogens with one attached hydrogen (secondary N) is 2. The minimum absolute atomic E-state index is 0.0745. The zero-order valence-electron chi connectivity index (χ0n) is 24.1. The first kappa shape index (κ1) is 30.7. The summed E-state index contributed by atoms with van der Waals surface area (Å²) in [4.78, 5) is 55.2. The number of carbonyl (C=O) groups excluding carboxylic acids is 4. The third-order valence-electron chi connectivity index (χ3n) is 9.64. The molecule has 9 nitrogen and oxygen atoms in total. The van der Waals surface area contributed by atoms with Gasteiger partial charge in [-0.25, -0.2) is 4.39 Å². The van der Waals surface area contributed by atoms with Crippen LogP contribution in [-0.2, 0) is 24.6 Å². The molecule has 3 N–H and O–H groups in total. The quantitative estimate of drug-likeness (QED) is 0.190. The Labute approximate surface area is 269 Å². The number of hydrogen-bond donors (Lipinski definition) is 3. The van der Waals surface area contributed by atoms with Crippen LogP contribution in [0, 0.1) is 29.5 Å². The fourth-order valence-electron chi connectivity index (χ4n) is 7.87. The van der Waals surface area contributed by atoms with Gasteiger partial charge in [-0.2, -0.15) is 5.01 Å². The molecule has 14 heteroatoms. The van der Waals surface area contributed by atoms with Gasteiger partial charge in [0.15, 0.2) is 0 Å². The van der Waals surface area contributed by atoms with Crippen LogP contribution in [0.25, 0.3) is 0 Å². The smallest absolute Gasteiger partial charge is 0.508 e. The molecule has 4 amide bonds. The lowest BCUT2D eigenvalue weighted by atomic mass is 9.49. The molecule has 3 aromatic rings. The van der Waals surface area contributed by atoms with Crippen molar-refractivity contribution in [3.63, 3.8) is 0 Å². The summed E-state index contributed by atoms with van der Waals surface area (Å²) in [5.41, 5.74) is 1.58. The van der Waals surface area contributed by atoms with Crippen molar-refractivity contribution in [2.45, 2.75) is 30.5 Å². The van der Waals surface area contributed by atoms with E-state index in [1.54, 1.807) is 6.08 Å². The van der Waals surface area contributed by atoms with Gasteiger partial charge in [-0.05, 0) is 78.9 Å². The first-order valence-corrected chi connectivity index (χ1v) is 15.0. The molecule has 4 aliphatic rings.